The Labute approximate surface area is 114 Å². The van der Waals surface area contributed by atoms with E-state index in [4.69, 9.17) is 22.1 Å². The highest BCUT2D eigenvalue weighted by Gasteiger charge is 2.38. The fourth-order valence-corrected chi connectivity index (χ4v) is 2.79. The van der Waals surface area contributed by atoms with E-state index >= 15 is 0 Å². The Bertz CT molecular complexity index is 458. The van der Waals surface area contributed by atoms with Crippen molar-refractivity contribution in [2.75, 3.05) is 7.11 Å². The minimum Gasteiger partial charge on any atom is -0.496 e. The van der Waals surface area contributed by atoms with Crippen LogP contribution in [0.25, 0.3) is 0 Å². The molecular formula is C15H22ClNO. The molecule has 2 nitrogen and oxygen atoms in total. The molecule has 3 heteroatoms. The Balaban J connectivity index is 2.62. The van der Waals surface area contributed by atoms with Crippen molar-refractivity contribution < 1.29 is 4.74 Å². The fraction of sp³-hybridized carbons (Fsp3) is 0.600. The SMILES string of the molecule is COc1c(C(C)(C)C)cc(Cl)cc1C1(N)CCC1. The van der Waals surface area contributed by atoms with Gasteiger partial charge in [0.05, 0.1) is 7.11 Å². The molecule has 0 radical (unpaired) electrons. The zero-order chi connectivity index (χ0) is 13.6. The van der Waals surface area contributed by atoms with Crippen molar-refractivity contribution in [2.24, 2.45) is 5.73 Å². The minimum atomic E-state index is -0.254. The largest absolute Gasteiger partial charge is 0.496 e. The molecule has 0 spiro atoms. The predicted octanol–water partition coefficient (Wildman–Crippen LogP) is 3.98. The van der Waals surface area contributed by atoms with Crippen LogP contribution in [0.15, 0.2) is 12.1 Å². The number of ether oxygens (including phenoxy) is 1. The van der Waals surface area contributed by atoms with Gasteiger partial charge in [-0.2, -0.15) is 0 Å². The highest BCUT2D eigenvalue weighted by molar-refractivity contribution is 6.30. The number of halogens is 1. The Morgan fingerprint density at radius 1 is 1.28 bits per heavy atom. The van der Waals surface area contributed by atoms with Gasteiger partial charge in [-0.15, -0.1) is 0 Å². The molecule has 0 heterocycles. The van der Waals surface area contributed by atoms with E-state index in [1.165, 1.54) is 6.42 Å². The molecule has 0 bridgehead atoms. The molecular weight excluding hydrogens is 246 g/mol. The Morgan fingerprint density at radius 3 is 2.28 bits per heavy atom. The van der Waals surface area contributed by atoms with Gasteiger partial charge >= 0.3 is 0 Å². The molecule has 18 heavy (non-hydrogen) atoms. The molecule has 1 aliphatic carbocycles. The second-order valence-electron chi connectivity index (χ2n) is 6.29. The maximum absolute atomic E-state index is 6.44. The summed E-state index contributed by atoms with van der Waals surface area (Å²) >= 11 is 6.26. The predicted molar refractivity (Wildman–Crippen MR) is 76.4 cm³/mol. The molecule has 0 atom stereocenters. The summed E-state index contributed by atoms with van der Waals surface area (Å²) in [5.74, 6) is 0.911. The molecule has 0 aromatic heterocycles. The summed E-state index contributed by atoms with van der Waals surface area (Å²) in [5.41, 5.74) is 8.37. The van der Waals surface area contributed by atoms with E-state index in [0.29, 0.717) is 0 Å². The lowest BCUT2D eigenvalue weighted by Gasteiger charge is -2.40. The van der Waals surface area contributed by atoms with Crippen LogP contribution in [0, 0.1) is 0 Å². The van der Waals surface area contributed by atoms with Gasteiger partial charge in [-0.1, -0.05) is 32.4 Å². The molecule has 0 aliphatic heterocycles. The van der Waals surface area contributed by atoms with Crippen LogP contribution in [-0.2, 0) is 11.0 Å². The van der Waals surface area contributed by atoms with Crippen LogP contribution in [0.1, 0.15) is 51.2 Å². The lowest BCUT2D eigenvalue weighted by Crippen LogP contribution is -2.43. The van der Waals surface area contributed by atoms with Crippen molar-refractivity contribution in [3.8, 4) is 5.75 Å². The minimum absolute atomic E-state index is 0.00883. The summed E-state index contributed by atoms with van der Waals surface area (Å²) in [6.45, 7) is 6.48. The lowest BCUT2D eigenvalue weighted by atomic mass is 9.71. The molecule has 0 saturated heterocycles. The number of nitrogens with two attached hydrogens (primary N) is 1. The van der Waals surface area contributed by atoms with Crippen LogP contribution in [0.3, 0.4) is 0 Å². The molecule has 2 rings (SSSR count). The van der Waals surface area contributed by atoms with Crippen LogP contribution >= 0.6 is 11.6 Å². The van der Waals surface area contributed by atoms with E-state index < -0.39 is 0 Å². The third-order valence-corrected chi connectivity index (χ3v) is 4.07. The van der Waals surface area contributed by atoms with Gasteiger partial charge in [0.1, 0.15) is 5.75 Å². The van der Waals surface area contributed by atoms with Crippen LogP contribution in [0.5, 0.6) is 5.75 Å². The summed E-state index contributed by atoms with van der Waals surface area (Å²) in [7, 11) is 1.71. The first-order chi connectivity index (χ1) is 8.28. The van der Waals surface area contributed by atoms with Crippen molar-refractivity contribution in [1.29, 1.82) is 0 Å². The molecule has 1 aromatic carbocycles. The first kappa shape index (κ1) is 13.7. The number of hydrogen-bond acceptors (Lipinski definition) is 2. The molecule has 0 unspecified atom stereocenters. The first-order valence-electron chi connectivity index (χ1n) is 6.45. The van der Waals surface area contributed by atoms with E-state index in [9.17, 15) is 0 Å². The first-order valence-corrected chi connectivity index (χ1v) is 6.83. The maximum atomic E-state index is 6.44. The van der Waals surface area contributed by atoms with Crippen molar-refractivity contribution >= 4 is 11.6 Å². The second kappa shape index (κ2) is 4.43. The van der Waals surface area contributed by atoms with Gasteiger partial charge in [-0.25, -0.2) is 0 Å². The standard InChI is InChI=1S/C15H22ClNO/c1-14(2,3)11-8-10(16)9-12(13(11)18-4)15(17)6-5-7-15/h8-9H,5-7,17H2,1-4H3. The summed E-state index contributed by atoms with van der Waals surface area (Å²) in [6, 6.07) is 3.96. The van der Waals surface area contributed by atoms with Crippen LogP contribution < -0.4 is 10.5 Å². The van der Waals surface area contributed by atoms with Crippen molar-refractivity contribution in [2.45, 2.75) is 51.0 Å². The van der Waals surface area contributed by atoms with Crippen molar-refractivity contribution in [1.82, 2.24) is 0 Å². The summed E-state index contributed by atoms with van der Waals surface area (Å²) in [5, 5.41) is 0.743. The summed E-state index contributed by atoms with van der Waals surface area (Å²) in [4.78, 5) is 0. The van der Waals surface area contributed by atoms with Gasteiger partial charge in [0.15, 0.2) is 0 Å². The van der Waals surface area contributed by atoms with E-state index in [0.717, 1.165) is 34.7 Å². The average Bonchev–Trinajstić information content (AvgIpc) is 2.23. The molecule has 2 N–H and O–H groups in total. The number of methoxy groups -OCH3 is 1. The Kier molecular flexibility index (Phi) is 3.37. The Morgan fingerprint density at radius 2 is 1.89 bits per heavy atom. The van der Waals surface area contributed by atoms with E-state index in [1.54, 1.807) is 7.11 Å². The van der Waals surface area contributed by atoms with Gasteiger partial charge in [0.25, 0.3) is 0 Å². The van der Waals surface area contributed by atoms with E-state index in [2.05, 4.69) is 20.8 Å². The van der Waals surface area contributed by atoms with Crippen LogP contribution in [-0.4, -0.2) is 7.11 Å². The van der Waals surface area contributed by atoms with Gasteiger partial charge in [-0.05, 0) is 36.8 Å². The zero-order valence-corrected chi connectivity index (χ0v) is 12.4. The molecule has 1 fully saturated rings. The average molecular weight is 268 g/mol. The molecule has 1 saturated carbocycles. The number of hydrogen-bond donors (Lipinski definition) is 1. The quantitative estimate of drug-likeness (QED) is 0.880. The molecule has 100 valence electrons. The van der Waals surface area contributed by atoms with Gasteiger partial charge < -0.3 is 10.5 Å². The third kappa shape index (κ3) is 2.24. The summed E-state index contributed by atoms with van der Waals surface area (Å²) in [6.07, 6.45) is 3.19. The number of benzene rings is 1. The van der Waals surface area contributed by atoms with Gasteiger partial charge in [0.2, 0.25) is 0 Å². The smallest absolute Gasteiger partial charge is 0.127 e. The molecule has 1 aromatic rings. The maximum Gasteiger partial charge on any atom is 0.127 e. The fourth-order valence-electron chi connectivity index (χ4n) is 2.57. The van der Waals surface area contributed by atoms with Crippen LogP contribution in [0.2, 0.25) is 5.02 Å². The van der Waals surface area contributed by atoms with Gasteiger partial charge in [-0.3, -0.25) is 0 Å². The molecule has 1 aliphatic rings. The van der Waals surface area contributed by atoms with Crippen LogP contribution in [0.4, 0.5) is 0 Å². The van der Waals surface area contributed by atoms with E-state index in [-0.39, 0.29) is 11.0 Å². The van der Waals surface area contributed by atoms with E-state index in [1.807, 2.05) is 12.1 Å². The number of rotatable bonds is 2. The zero-order valence-electron chi connectivity index (χ0n) is 11.6. The topological polar surface area (TPSA) is 35.2 Å². The Hall–Kier alpha value is -0.730. The highest BCUT2D eigenvalue weighted by atomic mass is 35.5. The monoisotopic (exact) mass is 267 g/mol. The van der Waals surface area contributed by atoms with Gasteiger partial charge in [0, 0.05) is 21.7 Å². The van der Waals surface area contributed by atoms with Crippen molar-refractivity contribution in [3.05, 3.63) is 28.3 Å². The van der Waals surface area contributed by atoms with Crippen molar-refractivity contribution in [3.63, 3.8) is 0 Å². The lowest BCUT2D eigenvalue weighted by molar-refractivity contribution is 0.242. The highest BCUT2D eigenvalue weighted by Crippen LogP contribution is 2.47. The summed E-state index contributed by atoms with van der Waals surface area (Å²) < 4.78 is 5.64. The second-order valence-corrected chi connectivity index (χ2v) is 6.73. The third-order valence-electron chi connectivity index (χ3n) is 3.85. The molecule has 0 amide bonds. The normalized spacial score (nSPS) is 18.3.